The van der Waals surface area contributed by atoms with Crippen LogP contribution in [0.25, 0.3) is 0 Å². The highest BCUT2D eigenvalue weighted by atomic mass is 16.2. The Morgan fingerprint density at radius 1 is 1.18 bits per heavy atom. The summed E-state index contributed by atoms with van der Waals surface area (Å²) in [5.41, 5.74) is -0.256. The van der Waals surface area contributed by atoms with E-state index in [1.807, 2.05) is 20.8 Å². The van der Waals surface area contributed by atoms with E-state index < -0.39 is 0 Å². The van der Waals surface area contributed by atoms with Crippen molar-refractivity contribution < 1.29 is 9.59 Å². The van der Waals surface area contributed by atoms with Crippen molar-refractivity contribution in [1.82, 2.24) is 4.90 Å². The third-order valence-corrected chi connectivity index (χ3v) is 3.67. The Labute approximate surface area is 105 Å². The third-order valence-electron chi connectivity index (χ3n) is 3.67. The van der Waals surface area contributed by atoms with Crippen LogP contribution in [0.1, 0.15) is 60.8 Å². The predicted octanol–water partition coefficient (Wildman–Crippen LogP) is 2.99. The van der Waals surface area contributed by atoms with E-state index in [0.29, 0.717) is 6.42 Å². The van der Waals surface area contributed by atoms with Crippen molar-refractivity contribution in [2.45, 2.75) is 66.3 Å². The number of likely N-dealkylation sites (tertiary alicyclic amines) is 1. The highest BCUT2D eigenvalue weighted by molar-refractivity contribution is 6.04. The van der Waals surface area contributed by atoms with Crippen LogP contribution in [0.3, 0.4) is 0 Å². The summed E-state index contributed by atoms with van der Waals surface area (Å²) in [7, 11) is 0. The van der Waals surface area contributed by atoms with Gasteiger partial charge in [-0.2, -0.15) is 0 Å². The van der Waals surface area contributed by atoms with Crippen molar-refractivity contribution in [3.63, 3.8) is 0 Å². The second-order valence-electron chi connectivity index (χ2n) is 6.86. The molecule has 3 heteroatoms. The lowest BCUT2D eigenvalue weighted by Crippen LogP contribution is -2.45. The van der Waals surface area contributed by atoms with Crippen LogP contribution < -0.4 is 0 Å². The van der Waals surface area contributed by atoms with Gasteiger partial charge in [0.1, 0.15) is 0 Å². The minimum Gasteiger partial charge on any atom is -0.277 e. The Morgan fingerprint density at radius 3 is 2.06 bits per heavy atom. The fourth-order valence-electron chi connectivity index (χ4n) is 2.37. The standard InChI is InChI=1S/C14H25NO2/c1-7-14(5,6)9-10-8-11(16)15(12(10)17)13(2,3)4/h10H,7-9H2,1-6H3. The fourth-order valence-corrected chi connectivity index (χ4v) is 2.37. The number of nitrogens with zero attached hydrogens (tertiary/aromatic N) is 1. The number of hydrogen-bond donors (Lipinski definition) is 0. The van der Waals surface area contributed by atoms with Gasteiger partial charge in [-0.15, -0.1) is 0 Å². The lowest BCUT2D eigenvalue weighted by Gasteiger charge is -2.31. The average Bonchev–Trinajstić information content (AvgIpc) is 2.40. The summed E-state index contributed by atoms with van der Waals surface area (Å²) in [5.74, 6) is -0.111. The zero-order valence-electron chi connectivity index (χ0n) is 12.0. The van der Waals surface area contributed by atoms with Gasteiger partial charge >= 0.3 is 0 Å². The summed E-state index contributed by atoms with van der Waals surface area (Å²) in [5, 5.41) is 0. The molecule has 0 aromatic heterocycles. The molecule has 17 heavy (non-hydrogen) atoms. The molecule has 0 bridgehead atoms. The van der Waals surface area contributed by atoms with Crippen LogP contribution in [0.5, 0.6) is 0 Å². The van der Waals surface area contributed by atoms with Gasteiger partial charge in [0, 0.05) is 17.9 Å². The highest BCUT2D eigenvalue weighted by Gasteiger charge is 2.45. The smallest absolute Gasteiger partial charge is 0.233 e. The zero-order valence-corrected chi connectivity index (χ0v) is 12.0. The SMILES string of the molecule is CCC(C)(C)CC1CC(=O)N(C(C)(C)C)C1=O. The Kier molecular flexibility index (Phi) is 3.70. The number of rotatable bonds is 3. The maximum absolute atomic E-state index is 12.3. The van der Waals surface area contributed by atoms with Gasteiger partial charge in [0.2, 0.25) is 11.8 Å². The molecule has 0 aromatic carbocycles. The Hall–Kier alpha value is -0.860. The van der Waals surface area contributed by atoms with Gasteiger partial charge in [-0.1, -0.05) is 27.2 Å². The average molecular weight is 239 g/mol. The summed E-state index contributed by atoms with van der Waals surface area (Å²) in [6.07, 6.45) is 2.22. The molecule has 98 valence electrons. The maximum atomic E-state index is 12.3. The maximum Gasteiger partial charge on any atom is 0.233 e. The Morgan fingerprint density at radius 2 is 1.71 bits per heavy atom. The molecule has 3 nitrogen and oxygen atoms in total. The van der Waals surface area contributed by atoms with Crippen molar-refractivity contribution in [2.75, 3.05) is 0 Å². The minimum absolute atomic E-state index is 0.0144. The minimum atomic E-state index is -0.390. The van der Waals surface area contributed by atoms with Gasteiger partial charge in [-0.3, -0.25) is 14.5 Å². The number of imide groups is 1. The Balaban J connectivity index is 2.82. The summed E-state index contributed by atoms with van der Waals surface area (Å²) >= 11 is 0. The van der Waals surface area contributed by atoms with E-state index in [4.69, 9.17) is 0 Å². The first-order valence-corrected chi connectivity index (χ1v) is 6.45. The van der Waals surface area contributed by atoms with Crippen molar-refractivity contribution in [3.05, 3.63) is 0 Å². The molecule has 1 atom stereocenters. The molecular formula is C14H25NO2. The molecule has 1 aliphatic rings. The quantitative estimate of drug-likeness (QED) is 0.710. The van der Waals surface area contributed by atoms with E-state index in [9.17, 15) is 9.59 Å². The van der Waals surface area contributed by atoms with E-state index in [1.54, 1.807) is 0 Å². The van der Waals surface area contributed by atoms with E-state index >= 15 is 0 Å². The second kappa shape index (κ2) is 4.43. The number of carbonyl (C=O) groups excluding carboxylic acids is 2. The molecule has 0 aromatic rings. The molecular weight excluding hydrogens is 214 g/mol. The lowest BCUT2D eigenvalue weighted by molar-refractivity contribution is -0.145. The molecule has 1 heterocycles. The van der Waals surface area contributed by atoms with Crippen molar-refractivity contribution in [1.29, 1.82) is 0 Å². The van der Waals surface area contributed by atoms with Gasteiger partial charge in [0.25, 0.3) is 0 Å². The van der Waals surface area contributed by atoms with Crippen LogP contribution in [-0.2, 0) is 9.59 Å². The third kappa shape index (κ3) is 3.08. The van der Waals surface area contributed by atoms with E-state index in [0.717, 1.165) is 12.8 Å². The van der Waals surface area contributed by atoms with Gasteiger partial charge < -0.3 is 0 Å². The largest absolute Gasteiger partial charge is 0.277 e. The summed E-state index contributed by atoms with van der Waals surface area (Å²) < 4.78 is 0. The van der Waals surface area contributed by atoms with Crippen LogP contribution in [0.4, 0.5) is 0 Å². The predicted molar refractivity (Wildman–Crippen MR) is 68.4 cm³/mol. The first-order valence-electron chi connectivity index (χ1n) is 6.45. The molecule has 1 saturated heterocycles. The lowest BCUT2D eigenvalue weighted by atomic mass is 9.80. The normalized spacial score (nSPS) is 22.5. The number of amides is 2. The summed E-state index contributed by atoms with van der Waals surface area (Å²) in [6.45, 7) is 12.2. The van der Waals surface area contributed by atoms with Crippen molar-refractivity contribution >= 4 is 11.8 Å². The molecule has 1 rings (SSSR count). The molecule has 0 saturated carbocycles. The van der Waals surface area contributed by atoms with Crippen molar-refractivity contribution in [2.24, 2.45) is 11.3 Å². The summed E-state index contributed by atoms with van der Waals surface area (Å²) in [4.78, 5) is 25.6. The van der Waals surface area contributed by atoms with Crippen LogP contribution in [0.15, 0.2) is 0 Å². The first-order chi connectivity index (χ1) is 7.58. The molecule has 0 aliphatic carbocycles. The molecule has 0 spiro atoms. The highest BCUT2D eigenvalue weighted by Crippen LogP contribution is 2.36. The zero-order chi connectivity index (χ0) is 13.4. The molecule has 1 fully saturated rings. The Bertz CT molecular complexity index is 326. The van der Waals surface area contributed by atoms with Gasteiger partial charge in [0.15, 0.2) is 0 Å². The molecule has 1 unspecified atom stereocenters. The van der Waals surface area contributed by atoms with Crippen LogP contribution in [0, 0.1) is 11.3 Å². The number of carbonyl (C=O) groups is 2. The molecule has 2 amide bonds. The number of hydrogen-bond acceptors (Lipinski definition) is 2. The van der Waals surface area contributed by atoms with Crippen LogP contribution in [-0.4, -0.2) is 22.3 Å². The molecule has 1 aliphatic heterocycles. The van der Waals surface area contributed by atoms with Crippen LogP contribution >= 0.6 is 0 Å². The van der Waals surface area contributed by atoms with E-state index in [2.05, 4.69) is 20.8 Å². The van der Waals surface area contributed by atoms with Crippen LogP contribution in [0.2, 0.25) is 0 Å². The van der Waals surface area contributed by atoms with E-state index in [1.165, 1.54) is 4.90 Å². The van der Waals surface area contributed by atoms with Gasteiger partial charge in [0.05, 0.1) is 0 Å². The second-order valence-corrected chi connectivity index (χ2v) is 6.86. The molecule has 0 radical (unpaired) electrons. The monoisotopic (exact) mass is 239 g/mol. The van der Waals surface area contributed by atoms with E-state index in [-0.39, 0.29) is 28.7 Å². The fraction of sp³-hybridized carbons (Fsp3) is 0.857. The first kappa shape index (κ1) is 14.2. The van der Waals surface area contributed by atoms with Gasteiger partial charge in [-0.05, 0) is 32.6 Å². The van der Waals surface area contributed by atoms with Gasteiger partial charge in [-0.25, -0.2) is 0 Å². The molecule has 0 N–H and O–H groups in total. The summed E-state index contributed by atoms with van der Waals surface area (Å²) in [6, 6.07) is 0. The van der Waals surface area contributed by atoms with Crippen molar-refractivity contribution in [3.8, 4) is 0 Å². The topological polar surface area (TPSA) is 37.4 Å².